The van der Waals surface area contributed by atoms with Crippen LogP contribution < -0.4 is 4.99 Å². The molecule has 3 rings (SSSR count). The number of Topliss-reactive ketones (excluding diaryl/α,β-unsaturated/α-hetero) is 1. The van der Waals surface area contributed by atoms with Gasteiger partial charge in [0.1, 0.15) is 6.72 Å². The van der Waals surface area contributed by atoms with Gasteiger partial charge in [-0.1, -0.05) is 36.4 Å². The van der Waals surface area contributed by atoms with E-state index in [1.807, 2.05) is 48.5 Å². The number of nitrogens with one attached hydrogen (secondary N) is 2. The van der Waals surface area contributed by atoms with E-state index in [4.69, 9.17) is 15.3 Å². The molecular formula is C22H23N2O6+. The van der Waals surface area contributed by atoms with Crippen molar-refractivity contribution in [1.82, 2.24) is 4.98 Å². The molecule has 0 spiro atoms. The molecule has 0 aliphatic rings. The summed E-state index contributed by atoms with van der Waals surface area (Å²) < 4.78 is 0. The first-order chi connectivity index (χ1) is 14.3. The quantitative estimate of drug-likeness (QED) is 0.275. The molecule has 0 fully saturated rings. The number of fused-ring (bicyclic) bond motifs is 1. The molecule has 1 aromatic heterocycles. The van der Waals surface area contributed by atoms with E-state index in [0.29, 0.717) is 6.42 Å². The summed E-state index contributed by atoms with van der Waals surface area (Å²) in [4.78, 5) is 37.6. The van der Waals surface area contributed by atoms with Crippen molar-refractivity contribution in [1.29, 1.82) is 0 Å². The third-order valence-electron chi connectivity index (χ3n) is 4.44. The second kappa shape index (κ2) is 10.7. The van der Waals surface area contributed by atoms with Gasteiger partial charge in [0.2, 0.25) is 11.5 Å². The lowest BCUT2D eigenvalue weighted by atomic mass is 10.1. The van der Waals surface area contributed by atoms with Crippen LogP contribution in [0.15, 0.2) is 54.7 Å². The van der Waals surface area contributed by atoms with E-state index in [9.17, 15) is 14.4 Å². The lowest BCUT2D eigenvalue weighted by Crippen LogP contribution is -2.58. The number of carboxylic acids is 2. The van der Waals surface area contributed by atoms with Gasteiger partial charge in [0.05, 0.1) is 0 Å². The monoisotopic (exact) mass is 411 g/mol. The number of aliphatic hydroxyl groups is 1. The highest BCUT2D eigenvalue weighted by Crippen LogP contribution is 2.18. The molecule has 0 saturated heterocycles. The van der Waals surface area contributed by atoms with Gasteiger partial charge in [-0.15, -0.1) is 0 Å². The van der Waals surface area contributed by atoms with Gasteiger partial charge in [0.15, 0.2) is 6.10 Å². The first-order valence-electron chi connectivity index (χ1n) is 9.16. The van der Waals surface area contributed by atoms with Crippen LogP contribution in [0.5, 0.6) is 0 Å². The molecule has 0 radical (unpaired) electrons. The summed E-state index contributed by atoms with van der Waals surface area (Å²) in [5.74, 6) is -3.37. The fourth-order valence-corrected chi connectivity index (χ4v) is 2.85. The number of hydrogen-bond acceptors (Lipinski definition) is 4. The molecule has 0 aliphatic heterocycles. The lowest BCUT2D eigenvalue weighted by molar-refractivity contribution is -0.342. The van der Waals surface area contributed by atoms with E-state index in [0.717, 1.165) is 27.7 Å². The smallest absolute Gasteiger partial charge is 0.372 e. The predicted octanol–water partition coefficient (Wildman–Crippen LogP) is 0.842. The number of ketones is 1. The van der Waals surface area contributed by atoms with Gasteiger partial charge in [-0.05, 0) is 24.5 Å². The fourth-order valence-electron chi connectivity index (χ4n) is 2.85. The minimum Gasteiger partial charge on any atom is -0.479 e. The third kappa shape index (κ3) is 6.11. The topological polar surface area (TPSA) is 142 Å². The SMILES string of the molecule is C=[NH+]c1ccccc1CCC(O)C(=O)O.O=C(O)C(=O)Cc1c[nH]c2ccccc12. The van der Waals surface area contributed by atoms with E-state index < -0.39 is 23.8 Å². The highest BCUT2D eigenvalue weighted by atomic mass is 16.4. The summed E-state index contributed by atoms with van der Waals surface area (Å²) in [6, 6.07) is 14.9. The van der Waals surface area contributed by atoms with Crippen LogP contribution in [-0.2, 0) is 27.2 Å². The van der Waals surface area contributed by atoms with Crippen molar-refractivity contribution in [2.24, 2.45) is 0 Å². The number of para-hydroxylation sites is 2. The molecule has 8 nitrogen and oxygen atoms in total. The number of aryl methyl sites for hydroxylation is 1. The van der Waals surface area contributed by atoms with Crippen LogP contribution in [-0.4, -0.2) is 50.8 Å². The molecule has 0 bridgehead atoms. The van der Waals surface area contributed by atoms with Crippen LogP contribution in [0.1, 0.15) is 17.5 Å². The molecule has 0 saturated carbocycles. The first kappa shape index (κ1) is 22.5. The average Bonchev–Trinajstić information content (AvgIpc) is 3.15. The Labute approximate surface area is 172 Å². The van der Waals surface area contributed by atoms with Gasteiger partial charge in [0, 0.05) is 35.2 Å². The summed E-state index contributed by atoms with van der Waals surface area (Å²) >= 11 is 0. The van der Waals surface area contributed by atoms with Crippen molar-refractivity contribution in [3.8, 4) is 0 Å². The van der Waals surface area contributed by atoms with Crippen LogP contribution in [0.2, 0.25) is 0 Å². The summed E-state index contributed by atoms with van der Waals surface area (Å²) in [5, 5.41) is 27.0. The Morgan fingerprint density at radius 1 is 1.00 bits per heavy atom. The largest absolute Gasteiger partial charge is 0.479 e. The average molecular weight is 411 g/mol. The maximum Gasteiger partial charge on any atom is 0.372 e. The maximum atomic E-state index is 11.0. The van der Waals surface area contributed by atoms with Crippen molar-refractivity contribution in [3.63, 3.8) is 0 Å². The molecule has 5 N–H and O–H groups in total. The number of aliphatic carboxylic acids is 2. The molecule has 1 atom stereocenters. The maximum absolute atomic E-state index is 11.0. The summed E-state index contributed by atoms with van der Waals surface area (Å²) in [6.45, 7) is 3.55. The zero-order chi connectivity index (χ0) is 22.1. The van der Waals surface area contributed by atoms with Gasteiger partial charge < -0.3 is 20.3 Å². The number of aliphatic hydroxyl groups excluding tert-OH is 1. The summed E-state index contributed by atoms with van der Waals surface area (Å²) in [5.41, 5.74) is 3.44. The Morgan fingerprint density at radius 2 is 1.67 bits per heavy atom. The molecule has 30 heavy (non-hydrogen) atoms. The molecule has 2 aromatic carbocycles. The normalized spacial score (nSPS) is 11.2. The zero-order valence-electron chi connectivity index (χ0n) is 16.2. The van der Waals surface area contributed by atoms with Crippen molar-refractivity contribution < 1.29 is 34.7 Å². The van der Waals surface area contributed by atoms with E-state index in [2.05, 4.69) is 16.7 Å². The number of H-pyrrole nitrogens is 1. The van der Waals surface area contributed by atoms with Crippen molar-refractivity contribution in [3.05, 3.63) is 65.9 Å². The van der Waals surface area contributed by atoms with Crippen LogP contribution >= 0.6 is 0 Å². The molecule has 156 valence electrons. The number of aromatic nitrogens is 1. The van der Waals surface area contributed by atoms with E-state index in [-0.39, 0.29) is 12.8 Å². The Bertz CT molecular complexity index is 1060. The Kier molecular flexibility index (Phi) is 8.01. The van der Waals surface area contributed by atoms with Crippen LogP contribution in [0, 0.1) is 0 Å². The number of carbonyl (C=O) groups excluding carboxylic acids is 1. The van der Waals surface area contributed by atoms with Crippen molar-refractivity contribution >= 4 is 41.0 Å². The number of carbonyl (C=O) groups is 3. The Hall–Kier alpha value is -3.78. The Balaban J connectivity index is 0.000000214. The number of benzene rings is 2. The van der Waals surface area contributed by atoms with E-state index >= 15 is 0 Å². The highest BCUT2D eigenvalue weighted by molar-refractivity contribution is 6.33. The molecule has 1 heterocycles. The van der Waals surface area contributed by atoms with Gasteiger partial charge in [-0.2, -0.15) is 0 Å². The second-order valence-electron chi connectivity index (χ2n) is 6.49. The molecule has 8 heteroatoms. The number of rotatable bonds is 8. The van der Waals surface area contributed by atoms with Crippen molar-refractivity contribution in [2.45, 2.75) is 25.4 Å². The van der Waals surface area contributed by atoms with Crippen LogP contribution in [0.3, 0.4) is 0 Å². The minimum absolute atomic E-state index is 0.0701. The van der Waals surface area contributed by atoms with E-state index in [1.165, 1.54) is 0 Å². The zero-order valence-corrected chi connectivity index (χ0v) is 16.2. The Morgan fingerprint density at radius 3 is 2.33 bits per heavy atom. The lowest BCUT2D eigenvalue weighted by Gasteiger charge is -2.04. The number of hydrogen-bond donors (Lipinski definition) is 5. The van der Waals surface area contributed by atoms with Gasteiger partial charge >= 0.3 is 11.9 Å². The van der Waals surface area contributed by atoms with E-state index in [1.54, 1.807) is 6.20 Å². The summed E-state index contributed by atoms with van der Waals surface area (Å²) in [7, 11) is 0. The molecule has 3 aromatic rings. The molecule has 1 unspecified atom stereocenters. The predicted molar refractivity (Wildman–Crippen MR) is 111 cm³/mol. The highest BCUT2D eigenvalue weighted by Gasteiger charge is 2.15. The molecule has 0 aliphatic carbocycles. The number of carboxylic acid groups (broad SMARTS) is 2. The second-order valence-corrected chi connectivity index (χ2v) is 6.49. The van der Waals surface area contributed by atoms with Crippen LogP contribution in [0.4, 0.5) is 5.69 Å². The summed E-state index contributed by atoms with van der Waals surface area (Å²) in [6.07, 6.45) is 1.01. The van der Waals surface area contributed by atoms with Crippen LogP contribution in [0.25, 0.3) is 10.9 Å². The number of aromatic amines is 1. The molecule has 0 amide bonds. The molecular weight excluding hydrogens is 388 g/mol. The minimum atomic E-state index is -1.39. The van der Waals surface area contributed by atoms with Gasteiger partial charge in [-0.3, -0.25) is 4.79 Å². The third-order valence-corrected chi connectivity index (χ3v) is 4.44. The fraction of sp³-hybridized carbons (Fsp3) is 0.182. The van der Waals surface area contributed by atoms with Crippen molar-refractivity contribution in [2.75, 3.05) is 0 Å². The van der Waals surface area contributed by atoms with Gasteiger partial charge in [0.25, 0.3) is 0 Å². The standard InChI is InChI=1S/C11H9NO3.C11H13NO3/c13-10(11(14)15)5-7-6-12-9-4-2-1-3-8(7)9;1-12-9-5-3-2-4-8(9)6-7-10(13)11(14)15/h1-4,6,12H,5H2,(H,14,15);2-5,10,13H,1,6-7H2,(H,14,15)/p+1. The van der Waals surface area contributed by atoms with Gasteiger partial charge in [-0.25, -0.2) is 14.6 Å². The first-order valence-corrected chi connectivity index (χ1v) is 9.16.